The molecule has 1 saturated carbocycles. The van der Waals surface area contributed by atoms with Crippen molar-refractivity contribution in [2.24, 2.45) is 0 Å². The summed E-state index contributed by atoms with van der Waals surface area (Å²) in [6, 6.07) is 0. The number of phosphoric acid groups is 1. The molecule has 13 heteroatoms. The number of unbranched alkanes of at least 4 members (excludes halogenated alkanes) is 15. The Balaban J connectivity index is 2.36. The Hall–Kier alpha value is -2.22. The van der Waals surface area contributed by atoms with Gasteiger partial charge in [-0.15, -0.1) is 0 Å². The molecule has 0 aromatic rings. The van der Waals surface area contributed by atoms with E-state index in [1.54, 1.807) is 0 Å². The van der Waals surface area contributed by atoms with Crippen molar-refractivity contribution in [3.8, 4) is 0 Å². The molecule has 12 nitrogen and oxygen atoms in total. The second-order valence-corrected chi connectivity index (χ2v) is 17.6. The molecular weight excluding hydrogens is 812 g/mol. The molecule has 358 valence electrons. The van der Waals surface area contributed by atoms with E-state index in [4.69, 9.17) is 18.5 Å². The molecule has 0 heterocycles. The van der Waals surface area contributed by atoms with Crippen molar-refractivity contribution >= 4 is 13.8 Å². The standard InChI is InChI=1S/C49H85O12P/c1-3-5-7-9-11-13-15-17-18-19-20-21-22-23-24-25-27-29-31-33-35-37-39-58-40-42(41-59-62(56,57)61-49-47(54)45(52)44(51)46(53)48(49)55)60-43(50)38-36-34-32-30-28-26-16-14-12-10-8-6-4-2/h5,7-8,10-11,13-14,16-18,20-21,42,44-49,51-55H,3-4,6,9,12,15,19,22-41H2,1-2H3,(H,56,57)/b7-5-,10-8-,13-11-,16-14-,18-17-,21-20-. The molecule has 6 N–H and O–H groups in total. The van der Waals surface area contributed by atoms with Crippen molar-refractivity contribution < 1.29 is 58.3 Å². The van der Waals surface area contributed by atoms with Crippen LogP contribution in [0, 0.1) is 0 Å². The predicted octanol–water partition coefficient (Wildman–Crippen LogP) is 9.97. The van der Waals surface area contributed by atoms with Gasteiger partial charge in [0.1, 0.15) is 42.7 Å². The topological polar surface area (TPSA) is 192 Å². The van der Waals surface area contributed by atoms with Crippen LogP contribution in [-0.2, 0) is 27.9 Å². The van der Waals surface area contributed by atoms with Gasteiger partial charge < -0.3 is 39.9 Å². The number of hydrogen-bond donors (Lipinski definition) is 6. The third kappa shape index (κ3) is 30.8. The number of aliphatic hydroxyl groups excluding tert-OH is 5. The molecule has 0 saturated heterocycles. The number of aliphatic hydroxyl groups is 5. The van der Waals surface area contributed by atoms with Crippen molar-refractivity contribution in [3.05, 3.63) is 72.9 Å². The molecule has 1 rings (SSSR count). The summed E-state index contributed by atoms with van der Waals surface area (Å²) in [5, 5.41) is 50.2. The molecule has 0 aromatic heterocycles. The smallest absolute Gasteiger partial charge is 0.457 e. The highest BCUT2D eigenvalue weighted by molar-refractivity contribution is 7.47. The third-order valence-corrected chi connectivity index (χ3v) is 11.5. The van der Waals surface area contributed by atoms with Crippen LogP contribution in [-0.4, -0.2) is 98.9 Å². The van der Waals surface area contributed by atoms with Crippen molar-refractivity contribution in [2.45, 2.75) is 211 Å². The molecule has 0 aliphatic heterocycles. The fourth-order valence-corrected chi connectivity index (χ4v) is 7.77. The highest BCUT2D eigenvalue weighted by atomic mass is 31.2. The summed E-state index contributed by atoms with van der Waals surface area (Å²) in [7, 11) is -5.03. The van der Waals surface area contributed by atoms with Gasteiger partial charge in [0.15, 0.2) is 0 Å². The summed E-state index contributed by atoms with van der Waals surface area (Å²) in [5.74, 6) is -0.497. The van der Waals surface area contributed by atoms with Gasteiger partial charge in [0.05, 0.1) is 13.2 Å². The van der Waals surface area contributed by atoms with Gasteiger partial charge in [-0.2, -0.15) is 0 Å². The van der Waals surface area contributed by atoms with Gasteiger partial charge in [0.25, 0.3) is 0 Å². The monoisotopic (exact) mass is 897 g/mol. The Bertz CT molecular complexity index is 1300. The first-order valence-corrected chi connectivity index (χ1v) is 25.3. The normalized spacial score (nSPS) is 22.6. The summed E-state index contributed by atoms with van der Waals surface area (Å²) in [6.07, 6.45) is 38.3. The number of allylic oxidation sites excluding steroid dienone is 12. The number of hydrogen-bond acceptors (Lipinski definition) is 11. The van der Waals surface area contributed by atoms with Gasteiger partial charge in [-0.1, -0.05) is 157 Å². The van der Waals surface area contributed by atoms with Crippen LogP contribution in [0.2, 0.25) is 0 Å². The zero-order chi connectivity index (χ0) is 45.5. The van der Waals surface area contributed by atoms with Gasteiger partial charge in [-0.3, -0.25) is 13.8 Å². The largest absolute Gasteiger partial charge is 0.472 e. The minimum Gasteiger partial charge on any atom is -0.457 e. The van der Waals surface area contributed by atoms with Crippen LogP contribution in [0.4, 0.5) is 0 Å². The fourth-order valence-electron chi connectivity index (χ4n) is 6.80. The average Bonchev–Trinajstić information content (AvgIpc) is 3.26. The number of ether oxygens (including phenoxy) is 2. The Morgan fingerprint density at radius 1 is 0.532 bits per heavy atom. The molecule has 1 fully saturated rings. The lowest BCUT2D eigenvalue weighted by molar-refractivity contribution is -0.220. The molecular formula is C49H85O12P. The Kier molecular flexibility index (Phi) is 36.5. The fraction of sp³-hybridized carbons (Fsp3) is 0.735. The number of rotatable bonds is 39. The van der Waals surface area contributed by atoms with E-state index >= 15 is 0 Å². The predicted molar refractivity (Wildman–Crippen MR) is 248 cm³/mol. The lowest BCUT2D eigenvalue weighted by Crippen LogP contribution is -2.64. The minimum atomic E-state index is -5.03. The van der Waals surface area contributed by atoms with Gasteiger partial charge in [-0.25, -0.2) is 4.57 Å². The van der Waals surface area contributed by atoms with E-state index in [2.05, 4.69) is 86.8 Å². The lowest BCUT2D eigenvalue weighted by Gasteiger charge is -2.41. The van der Waals surface area contributed by atoms with E-state index in [9.17, 15) is 39.8 Å². The molecule has 6 atom stereocenters. The van der Waals surface area contributed by atoms with Crippen LogP contribution in [0.3, 0.4) is 0 Å². The van der Waals surface area contributed by atoms with E-state index in [1.807, 2.05) is 0 Å². The van der Waals surface area contributed by atoms with E-state index in [0.29, 0.717) is 13.0 Å². The zero-order valence-corrected chi connectivity index (χ0v) is 39.0. The summed E-state index contributed by atoms with van der Waals surface area (Å²) in [4.78, 5) is 23.1. The quantitative estimate of drug-likeness (QED) is 0.0148. The molecule has 0 aromatic carbocycles. The summed E-state index contributed by atoms with van der Waals surface area (Å²) < 4.78 is 34.2. The Morgan fingerprint density at radius 2 is 0.952 bits per heavy atom. The minimum absolute atomic E-state index is 0.0904. The van der Waals surface area contributed by atoms with Crippen molar-refractivity contribution in [3.63, 3.8) is 0 Å². The first-order chi connectivity index (χ1) is 30.0. The van der Waals surface area contributed by atoms with Crippen molar-refractivity contribution in [1.82, 2.24) is 0 Å². The SMILES string of the molecule is CC/C=C\C/C=C\C/C=C\C/C=C\CCCCCCCCCCCOCC(COP(=O)(O)OC1C(O)C(O)C(O)C(O)C1O)OC(=O)CCCCCCC/C=C\C/C=C\CCC. The van der Waals surface area contributed by atoms with Gasteiger partial charge in [-0.05, 0) is 77.0 Å². The molecule has 0 spiro atoms. The molecule has 1 aliphatic rings. The third-order valence-electron chi connectivity index (χ3n) is 10.5. The number of carbonyl (C=O) groups is 1. The van der Waals surface area contributed by atoms with Crippen LogP contribution >= 0.6 is 7.82 Å². The lowest BCUT2D eigenvalue weighted by atomic mass is 9.85. The van der Waals surface area contributed by atoms with E-state index in [-0.39, 0.29) is 13.0 Å². The van der Waals surface area contributed by atoms with Crippen LogP contribution in [0.1, 0.15) is 168 Å². The zero-order valence-electron chi connectivity index (χ0n) is 38.1. The first-order valence-electron chi connectivity index (χ1n) is 23.8. The van der Waals surface area contributed by atoms with E-state index in [1.165, 1.54) is 32.1 Å². The van der Waals surface area contributed by atoms with Gasteiger partial charge in [0.2, 0.25) is 0 Å². The van der Waals surface area contributed by atoms with E-state index < -0.39 is 63.1 Å². The molecule has 62 heavy (non-hydrogen) atoms. The number of phosphoric ester groups is 1. The highest BCUT2D eigenvalue weighted by Crippen LogP contribution is 2.47. The average molecular weight is 897 g/mol. The number of esters is 1. The van der Waals surface area contributed by atoms with Crippen LogP contribution < -0.4 is 0 Å². The summed E-state index contributed by atoms with van der Waals surface area (Å²) >= 11 is 0. The summed E-state index contributed by atoms with van der Waals surface area (Å²) in [5.41, 5.74) is 0. The van der Waals surface area contributed by atoms with E-state index in [0.717, 1.165) is 109 Å². The van der Waals surface area contributed by atoms with Crippen LogP contribution in [0.25, 0.3) is 0 Å². The highest BCUT2D eigenvalue weighted by Gasteiger charge is 2.51. The van der Waals surface area contributed by atoms with Crippen LogP contribution in [0.5, 0.6) is 0 Å². The molecule has 6 unspecified atom stereocenters. The van der Waals surface area contributed by atoms with Crippen molar-refractivity contribution in [2.75, 3.05) is 19.8 Å². The summed E-state index contributed by atoms with van der Waals surface area (Å²) in [6.45, 7) is 4.04. The maximum absolute atomic E-state index is 12.8. The van der Waals surface area contributed by atoms with Crippen LogP contribution in [0.15, 0.2) is 72.9 Å². The number of carbonyl (C=O) groups excluding carboxylic acids is 1. The first kappa shape index (κ1) is 57.8. The molecule has 0 radical (unpaired) electrons. The second-order valence-electron chi connectivity index (χ2n) is 16.2. The maximum atomic E-state index is 12.8. The Morgan fingerprint density at radius 3 is 1.45 bits per heavy atom. The van der Waals surface area contributed by atoms with Gasteiger partial charge >= 0.3 is 13.8 Å². The van der Waals surface area contributed by atoms with Crippen molar-refractivity contribution in [1.29, 1.82) is 0 Å². The maximum Gasteiger partial charge on any atom is 0.472 e. The van der Waals surface area contributed by atoms with Gasteiger partial charge in [0, 0.05) is 13.0 Å². The second kappa shape index (κ2) is 39.2. The molecule has 0 bridgehead atoms. The molecule has 0 amide bonds. The molecule has 1 aliphatic carbocycles. The Labute approximate surface area is 374 Å².